The zero-order valence-corrected chi connectivity index (χ0v) is 13.7. The minimum Gasteiger partial charge on any atom is -0.319 e. The number of amides is 1. The maximum atomic E-state index is 13.0. The Labute approximate surface area is 135 Å². The highest BCUT2D eigenvalue weighted by Crippen LogP contribution is 2.75. The van der Waals surface area contributed by atoms with Crippen LogP contribution in [0, 0.1) is 28.1 Å². The summed E-state index contributed by atoms with van der Waals surface area (Å²) < 4.78 is 0. The van der Waals surface area contributed by atoms with E-state index in [2.05, 4.69) is 19.9 Å². The Bertz CT molecular complexity index is 709. The molecule has 1 aromatic rings. The second-order valence-corrected chi connectivity index (χ2v) is 8.00. The van der Waals surface area contributed by atoms with Gasteiger partial charge in [0.15, 0.2) is 0 Å². The smallest absolute Gasteiger partial charge is 0.255 e. The topological polar surface area (TPSA) is 44.1 Å². The van der Waals surface area contributed by atoms with Gasteiger partial charge in [-0.25, -0.2) is 0 Å². The summed E-state index contributed by atoms with van der Waals surface area (Å²) in [5, 5.41) is 10.6. The zero-order valence-electron chi connectivity index (χ0n) is 12.9. The van der Waals surface area contributed by atoms with E-state index in [-0.39, 0.29) is 16.7 Å². The number of benzene rings is 1. The van der Waals surface area contributed by atoms with Crippen molar-refractivity contribution in [2.45, 2.75) is 38.6 Å². The van der Waals surface area contributed by atoms with E-state index in [9.17, 15) is 10.1 Å². The van der Waals surface area contributed by atoms with Crippen LogP contribution in [-0.2, 0) is 0 Å². The molecular formula is C18H19ClN2O. The fourth-order valence-corrected chi connectivity index (χ4v) is 5.63. The largest absolute Gasteiger partial charge is 0.319 e. The second kappa shape index (κ2) is 4.06. The van der Waals surface area contributed by atoms with E-state index in [4.69, 9.17) is 11.6 Å². The van der Waals surface area contributed by atoms with Gasteiger partial charge in [0.2, 0.25) is 0 Å². The van der Waals surface area contributed by atoms with Gasteiger partial charge in [-0.1, -0.05) is 25.4 Å². The zero-order chi connectivity index (χ0) is 15.8. The van der Waals surface area contributed by atoms with Gasteiger partial charge in [0.1, 0.15) is 5.54 Å². The lowest BCUT2D eigenvalue weighted by atomic mass is 9.66. The number of carbonyl (C=O) groups is 1. The second-order valence-electron chi connectivity index (χ2n) is 7.56. The van der Waals surface area contributed by atoms with Crippen LogP contribution >= 0.6 is 11.6 Å². The van der Waals surface area contributed by atoms with Crippen molar-refractivity contribution < 1.29 is 4.79 Å². The Kier molecular flexibility index (Phi) is 2.60. The standard InChI is InChI=1S/C18H19ClN2O/c1-16-11-21(15(22)12-3-5-14(19)6-4-12)18(10-20)9-13(16)7-8-17(16,18)2/h3-6,13H,7-9,11H2,1-2H3/t13-,16-,17+,18-/m1/s1. The van der Waals surface area contributed by atoms with Crippen LogP contribution in [0.1, 0.15) is 43.5 Å². The third-order valence-electron chi connectivity index (χ3n) is 7.08. The van der Waals surface area contributed by atoms with Crippen molar-refractivity contribution in [1.29, 1.82) is 5.26 Å². The highest BCUT2D eigenvalue weighted by Gasteiger charge is 2.78. The third kappa shape index (κ3) is 1.32. The number of nitriles is 1. The van der Waals surface area contributed by atoms with E-state index in [1.165, 1.54) is 6.42 Å². The molecule has 1 amide bonds. The Hall–Kier alpha value is -1.53. The van der Waals surface area contributed by atoms with Crippen LogP contribution in [0.2, 0.25) is 5.02 Å². The summed E-state index contributed by atoms with van der Waals surface area (Å²) in [6.45, 7) is 5.19. The first-order valence-corrected chi connectivity index (χ1v) is 8.25. The lowest BCUT2D eigenvalue weighted by Gasteiger charge is -2.43. The number of hydrogen-bond acceptors (Lipinski definition) is 2. The predicted molar refractivity (Wildman–Crippen MR) is 84.4 cm³/mol. The first kappa shape index (κ1) is 14.1. The molecule has 0 N–H and O–H groups in total. The van der Waals surface area contributed by atoms with Crippen molar-refractivity contribution in [2.75, 3.05) is 6.54 Å². The number of halogens is 1. The lowest BCUT2D eigenvalue weighted by molar-refractivity contribution is 0.0430. The molecule has 1 aromatic carbocycles. The van der Waals surface area contributed by atoms with E-state index in [1.807, 2.05) is 4.90 Å². The molecule has 0 unspecified atom stereocenters. The highest BCUT2D eigenvalue weighted by molar-refractivity contribution is 6.30. The van der Waals surface area contributed by atoms with Crippen LogP contribution in [0.4, 0.5) is 0 Å². The quantitative estimate of drug-likeness (QED) is 0.789. The number of carbonyl (C=O) groups excluding carboxylic acids is 1. The van der Waals surface area contributed by atoms with Crippen LogP contribution in [0.5, 0.6) is 0 Å². The molecule has 4 heteroatoms. The number of rotatable bonds is 1. The Morgan fingerprint density at radius 2 is 2.05 bits per heavy atom. The van der Waals surface area contributed by atoms with E-state index in [1.54, 1.807) is 24.3 Å². The van der Waals surface area contributed by atoms with Crippen LogP contribution in [-0.4, -0.2) is 22.9 Å². The van der Waals surface area contributed by atoms with Crippen molar-refractivity contribution >= 4 is 17.5 Å². The molecule has 3 aliphatic rings. The normalized spacial score (nSPS) is 41.7. The predicted octanol–water partition coefficient (Wildman–Crippen LogP) is 3.88. The molecule has 1 aliphatic heterocycles. The molecule has 4 bridgehead atoms. The number of nitrogens with zero attached hydrogens (tertiary/aromatic N) is 2. The minimum atomic E-state index is -0.638. The van der Waals surface area contributed by atoms with Crippen LogP contribution in [0.15, 0.2) is 24.3 Å². The third-order valence-corrected chi connectivity index (χ3v) is 7.33. The summed E-state index contributed by atoms with van der Waals surface area (Å²) >= 11 is 5.91. The molecule has 4 atom stereocenters. The number of likely N-dealkylation sites (tertiary alicyclic amines) is 1. The molecule has 0 radical (unpaired) electrons. The van der Waals surface area contributed by atoms with Gasteiger partial charge in [-0.2, -0.15) is 5.26 Å². The average molecular weight is 315 g/mol. The number of hydrogen-bond donors (Lipinski definition) is 0. The van der Waals surface area contributed by atoms with Gasteiger partial charge in [0.05, 0.1) is 6.07 Å². The molecule has 0 spiro atoms. The molecule has 1 saturated heterocycles. The molecule has 2 saturated carbocycles. The maximum Gasteiger partial charge on any atom is 0.255 e. The van der Waals surface area contributed by atoms with Crippen LogP contribution < -0.4 is 0 Å². The Morgan fingerprint density at radius 1 is 1.36 bits per heavy atom. The van der Waals surface area contributed by atoms with E-state index < -0.39 is 5.54 Å². The van der Waals surface area contributed by atoms with Crippen LogP contribution in [0.25, 0.3) is 0 Å². The Morgan fingerprint density at radius 3 is 2.64 bits per heavy atom. The van der Waals surface area contributed by atoms with E-state index >= 15 is 0 Å². The van der Waals surface area contributed by atoms with Crippen molar-refractivity contribution in [1.82, 2.24) is 4.90 Å². The lowest BCUT2D eigenvalue weighted by Crippen LogP contribution is -2.54. The van der Waals surface area contributed by atoms with Gasteiger partial charge in [0, 0.05) is 22.5 Å². The van der Waals surface area contributed by atoms with Gasteiger partial charge in [-0.05, 0) is 54.9 Å². The molecule has 0 aromatic heterocycles. The van der Waals surface area contributed by atoms with Gasteiger partial charge >= 0.3 is 0 Å². The van der Waals surface area contributed by atoms with Gasteiger partial charge in [-0.15, -0.1) is 0 Å². The minimum absolute atomic E-state index is 0.0338. The SMILES string of the molecule is C[C@@]12CC[C@@H]3C[C@]1(C#N)N(C(=O)c1ccc(Cl)cc1)C[C@]32C. The first-order valence-electron chi connectivity index (χ1n) is 7.87. The molecule has 4 rings (SSSR count). The molecule has 3 nitrogen and oxygen atoms in total. The summed E-state index contributed by atoms with van der Waals surface area (Å²) in [6, 6.07) is 9.53. The van der Waals surface area contributed by atoms with Gasteiger partial charge < -0.3 is 4.90 Å². The fraction of sp³-hybridized carbons (Fsp3) is 0.556. The highest BCUT2D eigenvalue weighted by atomic mass is 35.5. The average Bonchev–Trinajstić information content (AvgIpc) is 2.96. The van der Waals surface area contributed by atoms with E-state index in [0.29, 0.717) is 23.0 Å². The van der Waals surface area contributed by atoms with E-state index in [0.717, 1.165) is 12.8 Å². The van der Waals surface area contributed by atoms with Crippen molar-refractivity contribution in [3.8, 4) is 6.07 Å². The molecular weight excluding hydrogens is 296 g/mol. The number of piperidine rings is 1. The maximum absolute atomic E-state index is 13.0. The fourth-order valence-electron chi connectivity index (χ4n) is 5.50. The molecule has 22 heavy (non-hydrogen) atoms. The summed E-state index contributed by atoms with van der Waals surface area (Å²) in [5.74, 6) is 0.542. The summed E-state index contributed by atoms with van der Waals surface area (Å²) in [7, 11) is 0. The summed E-state index contributed by atoms with van der Waals surface area (Å²) in [5.41, 5.74) is -0.0251. The van der Waals surface area contributed by atoms with Crippen LogP contribution in [0.3, 0.4) is 0 Å². The molecule has 1 heterocycles. The molecule has 2 aliphatic carbocycles. The molecule has 114 valence electrons. The first-order chi connectivity index (χ1) is 10.4. The molecule has 3 fully saturated rings. The monoisotopic (exact) mass is 314 g/mol. The summed E-state index contributed by atoms with van der Waals surface area (Å²) in [6.07, 6.45) is 3.07. The van der Waals surface area contributed by atoms with Crippen molar-refractivity contribution in [2.24, 2.45) is 16.7 Å². The van der Waals surface area contributed by atoms with Crippen molar-refractivity contribution in [3.63, 3.8) is 0 Å². The van der Waals surface area contributed by atoms with Crippen molar-refractivity contribution in [3.05, 3.63) is 34.9 Å². The van der Waals surface area contributed by atoms with Gasteiger partial charge in [-0.3, -0.25) is 4.79 Å². The Balaban J connectivity index is 1.78. The van der Waals surface area contributed by atoms with Gasteiger partial charge in [0.25, 0.3) is 5.91 Å². The summed E-state index contributed by atoms with van der Waals surface area (Å²) in [4.78, 5) is 14.9.